The standard InChI is InChI=1S/C22H28N2O4S/c1-3-28-20-10-12-21(13-11-20)29(26,27)24-19-9-5-7-17(15-19)22(25)23-18-8-4-6-16(2)14-18/h5,7,9-13,15-16,18,24H,3-4,6,8,14H2,1-2H3,(H,23,25). The van der Waals surface area contributed by atoms with Gasteiger partial charge in [-0.2, -0.15) is 0 Å². The predicted molar refractivity (Wildman–Crippen MR) is 114 cm³/mol. The van der Waals surface area contributed by atoms with Crippen LogP contribution >= 0.6 is 0 Å². The van der Waals surface area contributed by atoms with Crippen molar-refractivity contribution in [1.82, 2.24) is 5.32 Å². The van der Waals surface area contributed by atoms with E-state index in [2.05, 4.69) is 17.0 Å². The molecule has 2 atom stereocenters. The van der Waals surface area contributed by atoms with Gasteiger partial charge in [-0.3, -0.25) is 9.52 Å². The van der Waals surface area contributed by atoms with Crippen molar-refractivity contribution in [3.8, 4) is 5.75 Å². The number of anilines is 1. The van der Waals surface area contributed by atoms with Gasteiger partial charge in [-0.05, 0) is 68.1 Å². The average Bonchev–Trinajstić information content (AvgIpc) is 2.68. The fraction of sp³-hybridized carbons (Fsp3) is 0.409. The van der Waals surface area contributed by atoms with Gasteiger partial charge in [0.05, 0.1) is 11.5 Å². The zero-order chi connectivity index (χ0) is 20.9. The van der Waals surface area contributed by atoms with E-state index < -0.39 is 10.0 Å². The Morgan fingerprint density at radius 2 is 1.90 bits per heavy atom. The molecule has 6 nitrogen and oxygen atoms in total. The number of rotatable bonds is 7. The van der Waals surface area contributed by atoms with Crippen LogP contribution in [0.3, 0.4) is 0 Å². The summed E-state index contributed by atoms with van der Waals surface area (Å²) in [7, 11) is -3.76. The van der Waals surface area contributed by atoms with E-state index >= 15 is 0 Å². The topological polar surface area (TPSA) is 84.5 Å². The lowest BCUT2D eigenvalue weighted by molar-refractivity contribution is 0.0921. The average molecular weight is 417 g/mol. The maximum atomic E-state index is 12.7. The second-order valence-electron chi connectivity index (χ2n) is 7.53. The van der Waals surface area contributed by atoms with E-state index in [1.165, 1.54) is 18.6 Å². The molecule has 2 aromatic carbocycles. The van der Waals surface area contributed by atoms with Crippen molar-refractivity contribution >= 4 is 21.6 Å². The van der Waals surface area contributed by atoms with Gasteiger partial charge in [-0.25, -0.2) is 8.42 Å². The van der Waals surface area contributed by atoms with Gasteiger partial charge in [0.15, 0.2) is 0 Å². The number of ether oxygens (including phenoxy) is 1. The fourth-order valence-corrected chi connectivity index (χ4v) is 4.70. The minimum Gasteiger partial charge on any atom is -0.494 e. The van der Waals surface area contributed by atoms with Gasteiger partial charge in [0.1, 0.15) is 5.75 Å². The number of carbonyl (C=O) groups is 1. The van der Waals surface area contributed by atoms with Gasteiger partial charge in [0.25, 0.3) is 15.9 Å². The number of sulfonamides is 1. The molecule has 2 unspecified atom stereocenters. The molecule has 0 bridgehead atoms. The van der Waals surface area contributed by atoms with Crippen molar-refractivity contribution in [1.29, 1.82) is 0 Å². The van der Waals surface area contributed by atoms with E-state index in [4.69, 9.17) is 4.74 Å². The normalized spacial score (nSPS) is 19.4. The Morgan fingerprint density at radius 1 is 1.14 bits per heavy atom. The summed E-state index contributed by atoms with van der Waals surface area (Å²) >= 11 is 0. The minimum absolute atomic E-state index is 0.131. The summed E-state index contributed by atoms with van der Waals surface area (Å²) in [5.41, 5.74) is 0.790. The van der Waals surface area contributed by atoms with Gasteiger partial charge >= 0.3 is 0 Å². The van der Waals surface area contributed by atoms with Crippen molar-refractivity contribution in [2.45, 2.75) is 50.5 Å². The number of hydrogen-bond acceptors (Lipinski definition) is 4. The Kier molecular flexibility index (Phi) is 6.79. The third-order valence-corrected chi connectivity index (χ3v) is 6.49. The Bertz CT molecular complexity index is 942. The van der Waals surface area contributed by atoms with Gasteiger partial charge in [0, 0.05) is 17.3 Å². The summed E-state index contributed by atoms with van der Waals surface area (Å²) in [5, 5.41) is 3.08. The highest BCUT2D eigenvalue weighted by Gasteiger charge is 2.21. The fourth-order valence-electron chi connectivity index (χ4n) is 3.65. The molecule has 0 saturated heterocycles. The van der Waals surface area contributed by atoms with Crippen molar-refractivity contribution < 1.29 is 17.9 Å². The number of benzene rings is 2. The highest BCUT2D eigenvalue weighted by atomic mass is 32.2. The van der Waals surface area contributed by atoms with Crippen LogP contribution in [0.4, 0.5) is 5.69 Å². The molecule has 0 spiro atoms. The zero-order valence-electron chi connectivity index (χ0n) is 16.9. The molecular weight excluding hydrogens is 388 g/mol. The number of carbonyl (C=O) groups excluding carboxylic acids is 1. The largest absolute Gasteiger partial charge is 0.494 e. The van der Waals surface area contributed by atoms with Crippen molar-refractivity contribution in [2.75, 3.05) is 11.3 Å². The first-order valence-corrected chi connectivity index (χ1v) is 11.5. The van der Waals surface area contributed by atoms with Crippen LogP contribution in [0.5, 0.6) is 5.75 Å². The number of hydrogen-bond donors (Lipinski definition) is 2. The van der Waals surface area contributed by atoms with E-state index in [1.54, 1.807) is 36.4 Å². The molecule has 1 aliphatic rings. The molecule has 2 aromatic rings. The Balaban J connectivity index is 1.69. The molecule has 3 rings (SSSR count). The van der Waals surface area contributed by atoms with E-state index in [1.807, 2.05) is 6.92 Å². The Morgan fingerprint density at radius 3 is 2.59 bits per heavy atom. The molecule has 29 heavy (non-hydrogen) atoms. The Hall–Kier alpha value is -2.54. The van der Waals surface area contributed by atoms with Crippen LogP contribution in [0.2, 0.25) is 0 Å². The summed E-state index contributed by atoms with van der Waals surface area (Å²) in [4.78, 5) is 12.7. The van der Waals surface area contributed by atoms with Gasteiger partial charge in [-0.1, -0.05) is 25.8 Å². The second-order valence-corrected chi connectivity index (χ2v) is 9.22. The first-order chi connectivity index (χ1) is 13.9. The maximum Gasteiger partial charge on any atom is 0.261 e. The third-order valence-electron chi connectivity index (χ3n) is 5.09. The molecule has 156 valence electrons. The SMILES string of the molecule is CCOc1ccc(S(=O)(=O)Nc2cccc(C(=O)NC3CCCC(C)C3)c2)cc1. The summed E-state index contributed by atoms with van der Waals surface area (Å²) < 4.78 is 33.2. The van der Waals surface area contributed by atoms with E-state index in [0.29, 0.717) is 29.5 Å². The second kappa shape index (κ2) is 9.31. The summed E-state index contributed by atoms with van der Waals surface area (Å²) in [6.45, 7) is 4.58. The van der Waals surface area contributed by atoms with Crippen molar-refractivity contribution in [3.63, 3.8) is 0 Å². The lowest BCUT2D eigenvalue weighted by Gasteiger charge is -2.27. The molecule has 0 aliphatic heterocycles. The predicted octanol–water partition coefficient (Wildman–Crippen LogP) is 4.19. The van der Waals surface area contributed by atoms with Crippen molar-refractivity contribution in [3.05, 3.63) is 54.1 Å². The summed E-state index contributed by atoms with van der Waals surface area (Å²) in [5.74, 6) is 1.05. The van der Waals surface area contributed by atoms with Crippen LogP contribution in [0.1, 0.15) is 49.9 Å². The van der Waals surface area contributed by atoms with E-state index in [0.717, 1.165) is 19.3 Å². The molecule has 1 fully saturated rings. The zero-order valence-corrected chi connectivity index (χ0v) is 17.7. The highest BCUT2D eigenvalue weighted by molar-refractivity contribution is 7.92. The van der Waals surface area contributed by atoms with Crippen LogP contribution in [0.15, 0.2) is 53.4 Å². The van der Waals surface area contributed by atoms with E-state index in [9.17, 15) is 13.2 Å². The molecule has 1 amide bonds. The molecule has 7 heteroatoms. The first-order valence-electron chi connectivity index (χ1n) is 10.0. The Labute approximate surface area is 172 Å². The molecule has 0 radical (unpaired) electrons. The molecule has 0 heterocycles. The molecular formula is C22H28N2O4S. The lowest BCUT2D eigenvalue weighted by Crippen LogP contribution is -2.38. The highest BCUT2D eigenvalue weighted by Crippen LogP contribution is 2.24. The number of nitrogens with one attached hydrogen (secondary N) is 2. The molecule has 0 aromatic heterocycles. The van der Waals surface area contributed by atoms with Gasteiger partial charge in [0.2, 0.25) is 0 Å². The third kappa shape index (κ3) is 5.73. The van der Waals surface area contributed by atoms with Crippen LogP contribution in [-0.2, 0) is 10.0 Å². The van der Waals surface area contributed by atoms with Crippen LogP contribution in [-0.4, -0.2) is 27.0 Å². The van der Waals surface area contributed by atoms with E-state index in [-0.39, 0.29) is 16.8 Å². The quantitative estimate of drug-likeness (QED) is 0.709. The first kappa shape index (κ1) is 21.2. The summed E-state index contributed by atoms with van der Waals surface area (Å²) in [6, 6.07) is 13.0. The molecule has 2 N–H and O–H groups in total. The monoisotopic (exact) mass is 416 g/mol. The molecule has 1 saturated carbocycles. The van der Waals surface area contributed by atoms with Crippen LogP contribution in [0.25, 0.3) is 0 Å². The summed E-state index contributed by atoms with van der Waals surface area (Å²) in [6.07, 6.45) is 4.29. The minimum atomic E-state index is -3.76. The smallest absolute Gasteiger partial charge is 0.261 e. The number of amides is 1. The maximum absolute atomic E-state index is 12.7. The lowest BCUT2D eigenvalue weighted by atomic mass is 9.87. The molecule has 1 aliphatic carbocycles. The van der Waals surface area contributed by atoms with Gasteiger partial charge in [-0.15, -0.1) is 0 Å². The van der Waals surface area contributed by atoms with Crippen LogP contribution < -0.4 is 14.8 Å². The van der Waals surface area contributed by atoms with Gasteiger partial charge < -0.3 is 10.1 Å². The van der Waals surface area contributed by atoms with Crippen molar-refractivity contribution in [2.24, 2.45) is 5.92 Å². The van der Waals surface area contributed by atoms with Crippen LogP contribution in [0, 0.1) is 5.92 Å².